The molecule has 0 radical (unpaired) electrons. The van der Waals surface area contributed by atoms with Gasteiger partial charge >= 0.3 is 0 Å². The highest BCUT2D eigenvalue weighted by molar-refractivity contribution is 7.02. The Hall–Kier alpha value is -2.98. The van der Waals surface area contributed by atoms with Crippen molar-refractivity contribution in [2.45, 2.75) is 24.9 Å². The smallest absolute Gasteiger partial charge is 0.118 e. The Bertz CT molecular complexity index is 1020. The summed E-state index contributed by atoms with van der Waals surface area (Å²) in [6.45, 7) is 0.317. The minimum atomic E-state index is -2.34. The van der Waals surface area contributed by atoms with Crippen LogP contribution in [-0.2, 0) is 12.8 Å². The van der Waals surface area contributed by atoms with Crippen LogP contribution in [0, 0.1) is 11.8 Å². The van der Waals surface area contributed by atoms with Crippen LogP contribution in [-0.4, -0.2) is 31.5 Å². The molecule has 0 bridgehead atoms. The van der Waals surface area contributed by atoms with Crippen molar-refractivity contribution in [2.24, 2.45) is 11.8 Å². The molecule has 0 saturated heterocycles. The van der Waals surface area contributed by atoms with Gasteiger partial charge in [0.2, 0.25) is 0 Å². The van der Waals surface area contributed by atoms with Crippen molar-refractivity contribution in [3.8, 4) is 0 Å². The number of aliphatic hydroxyl groups is 2. The van der Waals surface area contributed by atoms with Crippen molar-refractivity contribution in [1.29, 1.82) is 0 Å². The summed E-state index contributed by atoms with van der Waals surface area (Å²) in [6, 6.07) is 44.7. The average Bonchev–Trinajstić information content (AvgIpc) is 2.93. The van der Waals surface area contributed by atoms with E-state index in [1.54, 1.807) is 0 Å². The Kier molecular flexibility index (Phi) is 9.07. The third kappa shape index (κ3) is 6.58. The van der Waals surface area contributed by atoms with E-state index in [0.29, 0.717) is 0 Å². The van der Waals surface area contributed by atoms with Gasteiger partial charge in [0.25, 0.3) is 0 Å². The lowest BCUT2D eigenvalue weighted by atomic mass is 10.0. The molecule has 0 aliphatic rings. The number of rotatable bonds is 12. The van der Waals surface area contributed by atoms with Gasteiger partial charge in [-0.05, 0) is 47.9 Å². The molecule has 0 spiro atoms. The highest BCUT2D eigenvalue weighted by atomic mass is 28.3. The molecule has 2 N–H and O–H groups in total. The molecule has 0 aliphatic heterocycles. The molecule has 4 aromatic carbocycles. The predicted octanol–water partition coefficient (Wildman–Crippen LogP) is 4.95. The van der Waals surface area contributed by atoms with E-state index in [2.05, 4.69) is 109 Å². The fourth-order valence-electron chi connectivity index (χ4n) is 5.52. The summed E-state index contributed by atoms with van der Waals surface area (Å²) in [6.07, 6.45) is 1.71. The van der Waals surface area contributed by atoms with Crippen LogP contribution in [0.5, 0.6) is 0 Å². The van der Waals surface area contributed by atoms with Gasteiger partial charge in [-0.25, -0.2) is 0 Å². The zero-order valence-corrected chi connectivity index (χ0v) is 21.3. The molecule has 0 amide bonds. The van der Waals surface area contributed by atoms with Crippen molar-refractivity contribution in [2.75, 3.05) is 13.2 Å². The highest BCUT2D eigenvalue weighted by Gasteiger charge is 2.41. The molecule has 4 rings (SSSR count). The Labute approximate surface area is 210 Å². The van der Waals surface area contributed by atoms with Crippen LogP contribution in [0.4, 0.5) is 0 Å². The third-order valence-electron chi connectivity index (χ3n) is 7.18. The molecule has 180 valence electrons. The normalized spacial score (nSPS) is 13.3. The maximum absolute atomic E-state index is 10.5. The first-order valence-electron chi connectivity index (χ1n) is 12.6. The molecule has 35 heavy (non-hydrogen) atoms. The zero-order valence-electron chi connectivity index (χ0n) is 20.3. The molecule has 0 aliphatic carbocycles. The van der Waals surface area contributed by atoms with E-state index in [9.17, 15) is 10.2 Å². The van der Waals surface area contributed by atoms with Crippen molar-refractivity contribution in [3.05, 3.63) is 132 Å². The Morgan fingerprint density at radius 1 is 0.457 bits per heavy atom. The first kappa shape index (κ1) is 25.1. The predicted molar refractivity (Wildman–Crippen MR) is 149 cm³/mol. The van der Waals surface area contributed by atoms with Gasteiger partial charge in [-0.15, -0.1) is 0 Å². The first-order valence-corrected chi connectivity index (χ1v) is 15.1. The van der Waals surface area contributed by atoms with E-state index in [-0.39, 0.29) is 25.0 Å². The van der Waals surface area contributed by atoms with E-state index >= 15 is 0 Å². The molecule has 2 nitrogen and oxygen atoms in total. The Balaban J connectivity index is 1.75. The molecular formula is C32H36O2Si. The van der Waals surface area contributed by atoms with Crippen LogP contribution >= 0.6 is 0 Å². The van der Waals surface area contributed by atoms with Crippen LogP contribution in [0.1, 0.15) is 11.1 Å². The van der Waals surface area contributed by atoms with Crippen LogP contribution in [0.2, 0.25) is 12.1 Å². The van der Waals surface area contributed by atoms with Crippen LogP contribution < -0.4 is 10.4 Å². The fourth-order valence-corrected chi connectivity index (χ4v) is 11.1. The number of aliphatic hydroxyl groups excluding tert-OH is 2. The van der Waals surface area contributed by atoms with Gasteiger partial charge in [0.1, 0.15) is 8.07 Å². The van der Waals surface area contributed by atoms with Crippen LogP contribution in [0.3, 0.4) is 0 Å². The van der Waals surface area contributed by atoms with Gasteiger partial charge in [-0.2, -0.15) is 0 Å². The standard InChI is InChI=1S/C32H36O2Si/c33-23-29(21-27-13-5-1-6-14-27)25-35(31-17-9-3-10-18-31,32-19-11-4-12-20-32)26-30(24-34)22-28-15-7-2-8-16-28/h1-20,29-30,33-34H,21-26H2/t29-,30-/m0/s1. The molecule has 3 heteroatoms. The third-order valence-corrected chi connectivity index (χ3v) is 12.6. The molecule has 0 aromatic heterocycles. The fraction of sp³-hybridized carbons (Fsp3) is 0.250. The van der Waals surface area contributed by atoms with Gasteiger partial charge < -0.3 is 10.2 Å². The van der Waals surface area contributed by atoms with E-state index in [1.165, 1.54) is 21.5 Å². The molecule has 0 fully saturated rings. The topological polar surface area (TPSA) is 40.5 Å². The number of hydrogen-bond acceptors (Lipinski definition) is 2. The summed E-state index contributed by atoms with van der Waals surface area (Å²) in [7, 11) is -2.34. The van der Waals surface area contributed by atoms with Crippen molar-refractivity contribution in [3.63, 3.8) is 0 Å². The minimum absolute atomic E-state index is 0.153. The monoisotopic (exact) mass is 480 g/mol. The van der Waals surface area contributed by atoms with Gasteiger partial charge in [0, 0.05) is 13.2 Å². The largest absolute Gasteiger partial charge is 0.396 e. The first-order chi connectivity index (χ1) is 17.2. The van der Waals surface area contributed by atoms with E-state index < -0.39 is 8.07 Å². The lowest BCUT2D eigenvalue weighted by Crippen LogP contribution is -2.60. The van der Waals surface area contributed by atoms with Gasteiger partial charge in [-0.3, -0.25) is 0 Å². The summed E-state index contributed by atoms with van der Waals surface area (Å²) in [5, 5.41) is 23.8. The zero-order chi connectivity index (χ0) is 24.3. The summed E-state index contributed by atoms with van der Waals surface area (Å²) < 4.78 is 0. The summed E-state index contributed by atoms with van der Waals surface area (Å²) in [5.74, 6) is 0.307. The second-order valence-electron chi connectivity index (χ2n) is 9.70. The second kappa shape index (κ2) is 12.6. The maximum Gasteiger partial charge on any atom is 0.118 e. The Morgan fingerprint density at radius 3 is 1.09 bits per heavy atom. The van der Waals surface area contributed by atoms with Crippen molar-refractivity contribution in [1.82, 2.24) is 0 Å². The van der Waals surface area contributed by atoms with Gasteiger partial charge in [0.15, 0.2) is 0 Å². The highest BCUT2D eigenvalue weighted by Crippen LogP contribution is 2.29. The molecule has 0 heterocycles. The summed E-state index contributed by atoms with van der Waals surface area (Å²) in [5.41, 5.74) is 2.53. The van der Waals surface area contributed by atoms with Crippen molar-refractivity contribution >= 4 is 18.4 Å². The van der Waals surface area contributed by atoms with E-state index in [4.69, 9.17) is 0 Å². The van der Waals surface area contributed by atoms with Gasteiger partial charge in [-0.1, -0.05) is 132 Å². The molecular weight excluding hydrogens is 444 g/mol. The summed E-state index contributed by atoms with van der Waals surface area (Å²) in [4.78, 5) is 0. The van der Waals surface area contributed by atoms with E-state index in [0.717, 1.165) is 24.9 Å². The number of benzene rings is 4. The second-order valence-corrected chi connectivity index (χ2v) is 13.8. The SMILES string of the molecule is OC[C@H](Cc1ccccc1)C[Si](C[C@H](CO)Cc1ccccc1)(c1ccccc1)c1ccccc1. The number of hydrogen-bond donors (Lipinski definition) is 2. The van der Waals surface area contributed by atoms with Crippen LogP contribution in [0.25, 0.3) is 0 Å². The molecule has 4 aromatic rings. The van der Waals surface area contributed by atoms with Gasteiger partial charge in [0.05, 0.1) is 0 Å². The summed E-state index contributed by atoms with van der Waals surface area (Å²) >= 11 is 0. The minimum Gasteiger partial charge on any atom is -0.396 e. The molecule has 0 unspecified atom stereocenters. The average molecular weight is 481 g/mol. The lowest BCUT2D eigenvalue weighted by Gasteiger charge is -2.38. The molecule has 0 saturated carbocycles. The quantitative estimate of drug-likeness (QED) is 0.282. The van der Waals surface area contributed by atoms with Crippen molar-refractivity contribution < 1.29 is 10.2 Å². The molecule has 2 atom stereocenters. The lowest BCUT2D eigenvalue weighted by molar-refractivity contribution is 0.231. The van der Waals surface area contributed by atoms with E-state index in [1.807, 2.05) is 12.1 Å². The maximum atomic E-state index is 10.5. The van der Waals surface area contributed by atoms with Crippen LogP contribution in [0.15, 0.2) is 121 Å². The Morgan fingerprint density at radius 2 is 0.771 bits per heavy atom.